The maximum absolute atomic E-state index is 12.2. The molecule has 0 spiro atoms. The Morgan fingerprint density at radius 3 is 2.72 bits per heavy atom. The fraction of sp³-hybridized carbons (Fsp3) is 0.538. The van der Waals surface area contributed by atoms with Gasteiger partial charge in [0.1, 0.15) is 0 Å². The van der Waals surface area contributed by atoms with Crippen molar-refractivity contribution in [3.05, 3.63) is 29.8 Å². The first kappa shape index (κ1) is 13.9. The third-order valence-corrected chi connectivity index (χ3v) is 6.42. The van der Waals surface area contributed by atoms with Crippen molar-refractivity contribution >= 4 is 21.8 Å². The summed E-state index contributed by atoms with van der Waals surface area (Å²) in [7, 11) is -3.38. The third kappa shape index (κ3) is 3.08. The first-order valence-corrected chi connectivity index (χ1v) is 8.59. The van der Waals surface area contributed by atoms with Crippen molar-refractivity contribution in [3.63, 3.8) is 0 Å². The van der Waals surface area contributed by atoms with E-state index in [4.69, 9.17) is 0 Å². The normalized spacial score (nSPS) is 24.3. The zero-order valence-electron chi connectivity index (χ0n) is 10.8. The summed E-state index contributed by atoms with van der Waals surface area (Å²) >= 11 is 1.86. The highest BCUT2D eigenvalue weighted by Gasteiger charge is 2.31. The summed E-state index contributed by atoms with van der Waals surface area (Å²) in [6, 6.07) is 7.08. The van der Waals surface area contributed by atoms with E-state index in [1.807, 2.05) is 30.8 Å². The Bertz CT molecular complexity index is 520. The molecule has 2 rings (SSSR count). The number of aryl methyl sites for hydroxylation is 1. The largest absolute Gasteiger partial charge is 0.240 e. The van der Waals surface area contributed by atoms with E-state index in [0.717, 1.165) is 17.7 Å². The minimum atomic E-state index is -3.38. The van der Waals surface area contributed by atoms with Crippen LogP contribution in [-0.4, -0.2) is 25.5 Å². The van der Waals surface area contributed by atoms with E-state index >= 15 is 0 Å². The van der Waals surface area contributed by atoms with E-state index in [-0.39, 0.29) is 4.75 Å². The standard InChI is InChI=1S/C13H19NO2S2/c1-11-6-3-4-7-12(11)18(15,16)14-10-13(2)8-5-9-17-13/h3-4,6-7,14H,5,8-10H2,1-2H3. The molecule has 18 heavy (non-hydrogen) atoms. The second-order valence-corrected chi connectivity index (χ2v) is 8.41. The van der Waals surface area contributed by atoms with Crippen molar-refractivity contribution < 1.29 is 8.42 Å². The number of nitrogens with one attached hydrogen (secondary N) is 1. The van der Waals surface area contributed by atoms with Gasteiger partial charge in [-0.15, -0.1) is 0 Å². The Hall–Kier alpha value is -0.520. The summed E-state index contributed by atoms with van der Waals surface area (Å²) in [6.07, 6.45) is 2.25. The Morgan fingerprint density at radius 2 is 2.11 bits per heavy atom. The van der Waals surface area contributed by atoms with Crippen molar-refractivity contribution in [1.29, 1.82) is 0 Å². The molecule has 1 N–H and O–H groups in total. The molecule has 0 aromatic heterocycles. The maximum Gasteiger partial charge on any atom is 0.240 e. The third-order valence-electron chi connectivity index (χ3n) is 3.32. The van der Waals surface area contributed by atoms with Gasteiger partial charge in [0.25, 0.3) is 0 Å². The van der Waals surface area contributed by atoms with Crippen LogP contribution in [0.3, 0.4) is 0 Å². The average molecular weight is 285 g/mol. The molecule has 0 amide bonds. The molecule has 1 aliphatic heterocycles. The molecule has 0 radical (unpaired) electrons. The van der Waals surface area contributed by atoms with Crippen LogP contribution in [0, 0.1) is 6.92 Å². The number of hydrogen-bond acceptors (Lipinski definition) is 3. The fourth-order valence-corrected chi connectivity index (χ4v) is 4.91. The highest BCUT2D eigenvalue weighted by molar-refractivity contribution is 8.01. The maximum atomic E-state index is 12.2. The predicted octanol–water partition coefficient (Wildman–Crippen LogP) is 2.56. The molecule has 1 heterocycles. The lowest BCUT2D eigenvalue weighted by Crippen LogP contribution is -2.36. The van der Waals surface area contributed by atoms with E-state index in [1.165, 1.54) is 6.42 Å². The molecule has 1 aliphatic rings. The van der Waals surface area contributed by atoms with Gasteiger partial charge in [0.2, 0.25) is 10.0 Å². The summed E-state index contributed by atoms with van der Waals surface area (Å²) in [4.78, 5) is 0.386. The van der Waals surface area contributed by atoms with Gasteiger partial charge in [-0.2, -0.15) is 11.8 Å². The van der Waals surface area contributed by atoms with Gasteiger partial charge in [0.15, 0.2) is 0 Å². The van der Waals surface area contributed by atoms with Crippen LogP contribution < -0.4 is 4.72 Å². The minimum Gasteiger partial charge on any atom is -0.210 e. The summed E-state index contributed by atoms with van der Waals surface area (Å²) in [5.41, 5.74) is 0.786. The smallest absolute Gasteiger partial charge is 0.210 e. The van der Waals surface area contributed by atoms with E-state index in [1.54, 1.807) is 12.1 Å². The fourth-order valence-electron chi connectivity index (χ4n) is 2.16. The summed E-state index contributed by atoms with van der Waals surface area (Å²) < 4.78 is 27.3. The summed E-state index contributed by atoms with van der Waals surface area (Å²) in [5, 5.41) is 0. The van der Waals surface area contributed by atoms with Crippen molar-refractivity contribution in [2.24, 2.45) is 0 Å². The molecule has 0 bridgehead atoms. The SMILES string of the molecule is Cc1ccccc1S(=O)(=O)NCC1(C)CCCS1. The van der Waals surface area contributed by atoms with E-state index in [0.29, 0.717) is 11.4 Å². The number of sulfonamides is 1. The second kappa shape index (κ2) is 5.23. The second-order valence-electron chi connectivity index (χ2n) is 4.99. The minimum absolute atomic E-state index is 0.0513. The Kier molecular flexibility index (Phi) is 4.04. The van der Waals surface area contributed by atoms with Crippen molar-refractivity contribution in [1.82, 2.24) is 4.72 Å². The topological polar surface area (TPSA) is 46.2 Å². The van der Waals surface area contributed by atoms with Gasteiger partial charge in [-0.3, -0.25) is 0 Å². The molecule has 1 fully saturated rings. The lowest BCUT2D eigenvalue weighted by molar-refractivity contribution is 0.552. The Morgan fingerprint density at radius 1 is 1.39 bits per heavy atom. The Labute approximate surface area is 113 Å². The van der Waals surface area contributed by atoms with Gasteiger partial charge in [0.05, 0.1) is 4.90 Å². The van der Waals surface area contributed by atoms with Gasteiger partial charge >= 0.3 is 0 Å². The van der Waals surface area contributed by atoms with Crippen LogP contribution >= 0.6 is 11.8 Å². The molecular weight excluding hydrogens is 266 g/mol. The van der Waals surface area contributed by atoms with Crippen molar-refractivity contribution in [2.45, 2.75) is 36.3 Å². The van der Waals surface area contributed by atoms with Gasteiger partial charge in [-0.1, -0.05) is 18.2 Å². The van der Waals surface area contributed by atoms with E-state index in [9.17, 15) is 8.42 Å². The van der Waals surface area contributed by atoms with Crippen LogP contribution in [0.2, 0.25) is 0 Å². The molecule has 5 heteroatoms. The van der Waals surface area contributed by atoms with Crippen LogP contribution in [0.4, 0.5) is 0 Å². The van der Waals surface area contributed by atoms with Gasteiger partial charge in [-0.05, 0) is 44.1 Å². The lowest BCUT2D eigenvalue weighted by atomic mass is 10.1. The zero-order chi connectivity index (χ0) is 13.2. The van der Waals surface area contributed by atoms with E-state index < -0.39 is 10.0 Å². The molecule has 1 unspecified atom stereocenters. The number of thioether (sulfide) groups is 1. The Balaban J connectivity index is 2.11. The molecule has 100 valence electrons. The average Bonchev–Trinajstić information content (AvgIpc) is 2.75. The zero-order valence-corrected chi connectivity index (χ0v) is 12.4. The van der Waals surface area contributed by atoms with Crippen LogP contribution in [0.25, 0.3) is 0 Å². The number of rotatable bonds is 4. The van der Waals surface area contributed by atoms with E-state index in [2.05, 4.69) is 11.6 Å². The van der Waals surface area contributed by atoms with Crippen molar-refractivity contribution in [3.8, 4) is 0 Å². The monoisotopic (exact) mass is 285 g/mol. The molecule has 1 atom stereocenters. The predicted molar refractivity (Wildman–Crippen MR) is 76.5 cm³/mol. The van der Waals surface area contributed by atoms with Gasteiger partial charge < -0.3 is 0 Å². The highest BCUT2D eigenvalue weighted by atomic mass is 32.2. The molecule has 1 aromatic carbocycles. The molecule has 0 saturated carbocycles. The van der Waals surface area contributed by atoms with Crippen LogP contribution in [0.15, 0.2) is 29.2 Å². The van der Waals surface area contributed by atoms with Crippen molar-refractivity contribution in [2.75, 3.05) is 12.3 Å². The quantitative estimate of drug-likeness (QED) is 0.925. The molecule has 0 aliphatic carbocycles. The lowest BCUT2D eigenvalue weighted by Gasteiger charge is -2.23. The van der Waals surface area contributed by atoms with Gasteiger partial charge in [-0.25, -0.2) is 13.1 Å². The van der Waals surface area contributed by atoms with Crippen LogP contribution in [0.1, 0.15) is 25.3 Å². The van der Waals surface area contributed by atoms with Crippen LogP contribution in [-0.2, 0) is 10.0 Å². The van der Waals surface area contributed by atoms with Gasteiger partial charge in [0, 0.05) is 11.3 Å². The molecular formula is C13H19NO2S2. The highest BCUT2D eigenvalue weighted by Crippen LogP contribution is 2.37. The van der Waals surface area contributed by atoms with Crippen LogP contribution in [0.5, 0.6) is 0 Å². The number of hydrogen-bond donors (Lipinski definition) is 1. The first-order valence-electron chi connectivity index (χ1n) is 6.12. The molecule has 1 aromatic rings. The summed E-state index contributed by atoms with van der Waals surface area (Å²) in [5.74, 6) is 1.13. The summed E-state index contributed by atoms with van der Waals surface area (Å²) in [6.45, 7) is 4.46. The number of benzene rings is 1. The first-order chi connectivity index (χ1) is 8.43. The molecule has 3 nitrogen and oxygen atoms in total. The molecule has 1 saturated heterocycles.